The molecule has 0 unspecified atom stereocenters. The van der Waals surface area contributed by atoms with Gasteiger partial charge in [0.15, 0.2) is 0 Å². The summed E-state index contributed by atoms with van der Waals surface area (Å²) >= 11 is 15.6. The quantitative estimate of drug-likeness (QED) is 0.0169. The molecule has 4 heterocycles. The maximum atomic E-state index is 9.86. The predicted molar refractivity (Wildman–Crippen MR) is 456 cm³/mol. The molecule has 0 bridgehead atoms. The number of thiol groups is 2. The Morgan fingerprint density at radius 2 is 0.774 bits per heavy atom. The predicted octanol–water partition coefficient (Wildman–Crippen LogP) is 22.5. The van der Waals surface area contributed by atoms with Crippen molar-refractivity contribution in [3.8, 4) is 33.0 Å². The Labute approximate surface area is 651 Å². The van der Waals surface area contributed by atoms with Crippen LogP contribution in [0.1, 0.15) is 207 Å². The number of allylic oxidation sites excluding steroid dienone is 8. The van der Waals surface area contributed by atoms with E-state index in [0.29, 0.717) is 31.6 Å². The number of nitriles is 2. The van der Waals surface area contributed by atoms with Crippen LogP contribution in [0.5, 0.6) is 0 Å². The van der Waals surface area contributed by atoms with Gasteiger partial charge in [0.25, 0.3) is 0 Å². The highest BCUT2D eigenvalue weighted by molar-refractivity contribution is 7.79. The standard InChI is InChI=1S/C92H86N8S6/c1-7-11-15-19-23-59-27-37-66(38-28-59)91(67-39-29-60(30-40-67)24-20-16-12-8-2)76-54-75-77(53-74(76)88-78(91)55-82(105-88)72-47-35-63(84(95)86(72)99-101)51-70-45-49-80(103-70)65(57-93)58-94)92(68-41-31-61(32-42-68)25-21-17-13-9-3,69-43-33-62(34-44-69)26-22-18-14-10-4)79-56-83(106-89(75)79)73-48-36-64(85(96)87(73)100-102)52-71-46-50-81(104-71)90(97-5)98-6/h27-56,95-96,101-102H,7-26H2,1-4H3/b70-51+,71-52+,95-84?,96-85?,99-86-,100-87-. The lowest BCUT2D eigenvalue weighted by Crippen LogP contribution is -2.30. The molecule has 8 nitrogen and oxygen atoms in total. The third-order valence-corrected chi connectivity index (χ3v) is 26.3. The van der Waals surface area contributed by atoms with Gasteiger partial charge in [0, 0.05) is 50.9 Å². The molecular weight excluding hydrogens is 1410 g/mol. The fourth-order valence-corrected chi connectivity index (χ4v) is 20.7. The summed E-state index contributed by atoms with van der Waals surface area (Å²) in [5.74, 6) is 0.0281. The first-order valence-corrected chi connectivity index (χ1v) is 41.5. The molecule has 9 aromatic rings. The first-order valence-electron chi connectivity index (χ1n) is 37.5. The van der Waals surface area contributed by atoms with Gasteiger partial charge in [-0.15, -0.1) is 45.3 Å². The molecule has 0 spiro atoms. The summed E-state index contributed by atoms with van der Waals surface area (Å²) in [4.78, 5) is 11.2. The van der Waals surface area contributed by atoms with Crippen LogP contribution in [-0.2, 0) is 36.5 Å². The lowest BCUT2D eigenvalue weighted by molar-refractivity contribution is 0.666. The number of hydrogen-bond donors (Lipinski definition) is 4. The van der Waals surface area contributed by atoms with Crippen LogP contribution in [0, 0.1) is 46.6 Å². The summed E-state index contributed by atoms with van der Waals surface area (Å²) in [6.07, 6.45) is 34.9. The zero-order valence-corrected chi connectivity index (χ0v) is 65.7. The van der Waals surface area contributed by atoms with Crippen molar-refractivity contribution >= 4 is 129 Å². The smallest absolute Gasteiger partial charge is 0.298 e. The van der Waals surface area contributed by atoms with Crippen LogP contribution in [0.25, 0.3) is 65.3 Å². The van der Waals surface area contributed by atoms with E-state index in [1.807, 2.05) is 48.6 Å². The van der Waals surface area contributed by atoms with Gasteiger partial charge >= 0.3 is 5.82 Å². The highest BCUT2D eigenvalue weighted by Gasteiger charge is 2.53. The van der Waals surface area contributed by atoms with E-state index in [2.05, 4.69) is 205 Å². The monoisotopic (exact) mass is 1490 g/mol. The number of nitrogens with zero attached hydrogens (tertiary/aromatic N) is 6. The first-order chi connectivity index (χ1) is 51.9. The minimum Gasteiger partial charge on any atom is -0.298 e. The Kier molecular flexibility index (Phi) is 24.1. The van der Waals surface area contributed by atoms with Crippen LogP contribution in [0.2, 0.25) is 0 Å². The van der Waals surface area contributed by atoms with Crippen LogP contribution < -0.4 is 18.1 Å². The SMILES string of the molecule is [C-]#[N+]C([N+]#[C-])=c1cc/c(=C\C2=CC=C(c3cc4c(s3)-c3cc5c(cc3C4(c3ccc(CCCCCC)cc3)c3ccc(CCCCCC)cc3)-c3sc(C4=CC=C(/C=c6\ccc(=C(C#N)C#N)s6)C(=N)/C4=N\S)cc3C5(c3ccc(CCCCCC)cc3)c3ccc(CCCCCC)cc3)/C(=N/S)C2=N)s1. The molecule has 106 heavy (non-hydrogen) atoms. The molecule has 0 aliphatic heterocycles. The molecule has 4 aromatic heterocycles. The molecule has 4 aliphatic carbocycles. The number of nitrogens with one attached hydrogen (secondary N) is 2. The molecule has 0 fully saturated rings. The van der Waals surface area contributed by atoms with Gasteiger partial charge in [-0.3, -0.25) is 10.8 Å². The zero-order valence-electron chi connectivity index (χ0n) is 60.7. The fraction of sp³-hybridized carbons (Fsp3) is 0.283. The Morgan fingerprint density at radius 3 is 1.09 bits per heavy atom. The van der Waals surface area contributed by atoms with Crippen molar-refractivity contribution in [2.24, 2.45) is 8.80 Å². The third-order valence-electron chi connectivity index (χ3n) is 21.5. The van der Waals surface area contributed by atoms with E-state index in [1.54, 1.807) is 34.8 Å². The molecule has 2 N–H and O–H groups in total. The van der Waals surface area contributed by atoms with Crippen LogP contribution in [-0.4, -0.2) is 22.8 Å². The molecule has 13 rings (SSSR count). The van der Waals surface area contributed by atoms with E-state index in [1.165, 1.54) is 166 Å². The van der Waals surface area contributed by atoms with Gasteiger partial charge in [-0.2, -0.15) is 20.2 Å². The lowest BCUT2D eigenvalue weighted by atomic mass is 9.65. The summed E-state index contributed by atoms with van der Waals surface area (Å²) in [6, 6.07) is 59.6. The largest absolute Gasteiger partial charge is 0.536 e. The second kappa shape index (κ2) is 34.1. The number of thiophene rings is 4. The van der Waals surface area contributed by atoms with Crippen molar-refractivity contribution in [2.45, 2.75) is 167 Å². The highest BCUT2D eigenvalue weighted by Crippen LogP contribution is 2.66. The fourth-order valence-electron chi connectivity index (χ4n) is 15.9. The number of rotatable bonds is 28. The van der Waals surface area contributed by atoms with Gasteiger partial charge in [0.2, 0.25) is 0 Å². The van der Waals surface area contributed by atoms with E-state index < -0.39 is 10.8 Å². The van der Waals surface area contributed by atoms with Gasteiger partial charge in [-0.1, -0.05) is 226 Å². The number of aryl methyl sites for hydroxylation is 4. The number of hydrogen-bond acceptors (Lipinski definition) is 12. The topological polar surface area (TPSA) is 129 Å². The molecule has 0 atom stereocenters. The van der Waals surface area contributed by atoms with Crippen LogP contribution in [0.3, 0.4) is 0 Å². The number of fused-ring (bicyclic) bond motifs is 6. The minimum absolute atomic E-state index is 0.0281. The number of unbranched alkanes of at least 4 members (excludes halogenated alkanes) is 12. The summed E-state index contributed by atoms with van der Waals surface area (Å²) in [7, 11) is 0. The molecule has 14 heteroatoms. The van der Waals surface area contributed by atoms with Crippen molar-refractivity contribution in [2.75, 3.05) is 0 Å². The van der Waals surface area contributed by atoms with Crippen LogP contribution in [0.15, 0.2) is 190 Å². The minimum atomic E-state index is -0.838. The molecule has 4 aliphatic rings. The van der Waals surface area contributed by atoms with Crippen molar-refractivity contribution in [3.05, 3.63) is 299 Å². The molecular formula is C92H86N8S6. The maximum Gasteiger partial charge on any atom is 0.536 e. The molecule has 0 radical (unpaired) electrons. The summed E-state index contributed by atoms with van der Waals surface area (Å²) in [5.41, 5.74) is 19.8. The highest BCUT2D eigenvalue weighted by atomic mass is 32.1. The Bertz CT molecular complexity index is 5030. The summed E-state index contributed by atoms with van der Waals surface area (Å²) in [5, 5.41) is 39.1. The van der Waals surface area contributed by atoms with E-state index in [-0.39, 0.29) is 22.8 Å². The normalized spacial score (nSPS) is 15.6. The Balaban J connectivity index is 1.09. The first kappa shape index (κ1) is 74.9. The average Bonchev–Trinajstić information content (AvgIpc) is 1.50. The van der Waals surface area contributed by atoms with Gasteiger partial charge < -0.3 is 0 Å². The second-order valence-corrected chi connectivity index (χ2v) is 32.8. The van der Waals surface area contributed by atoms with Crippen molar-refractivity contribution in [1.82, 2.24) is 0 Å². The van der Waals surface area contributed by atoms with E-state index in [4.69, 9.17) is 13.1 Å². The average molecular weight is 1500 g/mol. The molecule has 530 valence electrons. The van der Waals surface area contributed by atoms with E-state index in [9.17, 15) is 21.3 Å². The summed E-state index contributed by atoms with van der Waals surface area (Å²) in [6.45, 7) is 24.3. The maximum absolute atomic E-state index is 9.86. The molecule has 0 saturated carbocycles. The molecule has 5 aromatic carbocycles. The second-order valence-electron chi connectivity index (χ2n) is 28.1. The molecule has 0 amide bonds. The zero-order chi connectivity index (χ0) is 73.9. The Morgan fingerprint density at radius 1 is 0.434 bits per heavy atom. The van der Waals surface area contributed by atoms with Crippen molar-refractivity contribution in [3.63, 3.8) is 0 Å². The number of benzene rings is 5. The van der Waals surface area contributed by atoms with E-state index in [0.717, 1.165) is 102 Å². The lowest BCUT2D eigenvalue weighted by Gasteiger charge is -2.36. The van der Waals surface area contributed by atoms with Crippen LogP contribution in [0.4, 0.5) is 0 Å². The van der Waals surface area contributed by atoms with Gasteiger partial charge in [-0.05, 0) is 216 Å². The van der Waals surface area contributed by atoms with Gasteiger partial charge in [0.1, 0.15) is 46.8 Å². The van der Waals surface area contributed by atoms with E-state index >= 15 is 0 Å². The van der Waals surface area contributed by atoms with Crippen molar-refractivity contribution < 1.29 is 0 Å². The van der Waals surface area contributed by atoms with Gasteiger partial charge in [-0.25, -0.2) is 8.80 Å². The third kappa shape index (κ3) is 14.6. The molecule has 0 saturated heterocycles. The van der Waals surface area contributed by atoms with Crippen molar-refractivity contribution in [1.29, 1.82) is 21.3 Å². The van der Waals surface area contributed by atoms with Gasteiger partial charge in [0.05, 0.1) is 26.8 Å². The summed E-state index contributed by atoms with van der Waals surface area (Å²) < 4.78 is 12.1. The van der Waals surface area contributed by atoms with Crippen LogP contribution >= 0.6 is 71.0 Å². The Hall–Kier alpha value is -9.32.